The van der Waals surface area contributed by atoms with Gasteiger partial charge in [-0.2, -0.15) is 8.42 Å². The minimum atomic E-state index is -4.29. The smallest absolute Gasteiger partial charge is 0.266 e. The van der Waals surface area contributed by atoms with E-state index >= 15 is 0 Å². The van der Waals surface area contributed by atoms with E-state index in [-0.39, 0.29) is 57.5 Å². The number of aromatic amines is 1. The van der Waals surface area contributed by atoms with E-state index in [1.165, 1.54) is 12.1 Å². The Morgan fingerprint density at radius 1 is 1.00 bits per heavy atom. The molecule has 0 aliphatic rings. The average Bonchev–Trinajstić information content (AvgIpc) is 3.27. The molecule has 4 aromatic rings. The van der Waals surface area contributed by atoms with Crippen molar-refractivity contribution in [2.75, 3.05) is 12.3 Å². The number of nitrogens with two attached hydrogens (primary N) is 2. The standard InChI is InChI=1S/C24H24N6O8S2/c25-23(26)13-1-3-18-19(10-13)30-24(29-18)17-8-12(9-21(32)28-5-6-39(34,35)36)7-16(22(17)33)15-11-14(40(27,37)38)2-4-20(15)31/h1-4,7-8,10-11,31,33H,5-6,9H2,(H3,25,26)(H,28,32)(H,29,30)(H2,27,37,38)(H,34,35,36). The van der Waals surface area contributed by atoms with Crippen LogP contribution in [-0.2, 0) is 31.4 Å². The number of carbonyl (C=O) groups is 1. The van der Waals surface area contributed by atoms with Crippen molar-refractivity contribution in [1.82, 2.24) is 15.3 Å². The number of sulfonamides is 1. The lowest BCUT2D eigenvalue weighted by atomic mass is 9.95. The number of primary sulfonamides is 1. The zero-order valence-electron chi connectivity index (χ0n) is 20.5. The number of H-pyrrole nitrogens is 1. The Morgan fingerprint density at radius 3 is 2.35 bits per heavy atom. The maximum atomic E-state index is 12.5. The fraction of sp³-hybridized carbons (Fsp3) is 0.125. The van der Waals surface area contributed by atoms with Crippen molar-refractivity contribution in [1.29, 1.82) is 5.41 Å². The minimum absolute atomic E-state index is 0.0499. The van der Waals surface area contributed by atoms with Gasteiger partial charge in [0.25, 0.3) is 10.1 Å². The number of rotatable bonds is 9. The molecule has 0 bridgehead atoms. The first-order valence-corrected chi connectivity index (χ1v) is 14.6. The number of nitrogens with zero attached hydrogens (tertiary/aromatic N) is 1. The number of amidine groups is 1. The van der Waals surface area contributed by atoms with Crippen LogP contribution in [0.15, 0.2) is 53.4 Å². The molecule has 1 heterocycles. The lowest BCUT2D eigenvalue weighted by Crippen LogP contribution is -2.30. The lowest BCUT2D eigenvalue weighted by molar-refractivity contribution is -0.120. The molecule has 0 aliphatic heterocycles. The number of nitrogen functional groups attached to an aromatic ring is 1. The number of imidazole rings is 1. The number of phenols is 2. The highest BCUT2D eigenvalue weighted by molar-refractivity contribution is 7.89. The second-order valence-corrected chi connectivity index (χ2v) is 11.9. The summed E-state index contributed by atoms with van der Waals surface area (Å²) in [6, 6.07) is 10.8. The number of fused-ring (bicyclic) bond motifs is 1. The summed E-state index contributed by atoms with van der Waals surface area (Å²) < 4.78 is 54.6. The zero-order valence-corrected chi connectivity index (χ0v) is 22.2. The van der Waals surface area contributed by atoms with Gasteiger partial charge in [0, 0.05) is 23.2 Å². The monoisotopic (exact) mass is 588 g/mol. The Balaban J connectivity index is 1.85. The van der Waals surface area contributed by atoms with Crippen molar-refractivity contribution < 1.29 is 36.4 Å². The van der Waals surface area contributed by atoms with Gasteiger partial charge in [-0.05, 0) is 54.1 Å². The molecule has 0 spiro atoms. The van der Waals surface area contributed by atoms with Crippen LogP contribution in [0.25, 0.3) is 33.5 Å². The topological polar surface area (TPSA) is 263 Å². The Hall–Kier alpha value is -4.51. The van der Waals surface area contributed by atoms with E-state index in [1.807, 2.05) is 0 Å². The number of hydrogen-bond acceptors (Lipinski definition) is 9. The summed E-state index contributed by atoms with van der Waals surface area (Å²) in [6.45, 7) is -0.352. The molecule has 0 radical (unpaired) electrons. The molecule has 1 aromatic heterocycles. The molecule has 0 fully saturated rings. The summed E-state index contributed by atoms with van der Waals surface area (Å²) in [5.41, 5.74) is 7.12. The molecule has 210 valence electrons. The Kier molecular flexibility index (Phi) is 7.53. The van der Waals surface area contributed by atoms with Crippen LogP contribution < -0.4 is 16.2 Å². The van der Waals surface area contributed by atoms with Gasteiger partial charge in [0.2, 0.25) is 15.9 Å². The summed E-state index contributed by atoms with van der Waals surface area (Å²) in [4.78, 5) is 19.7. The van der Waals surface area contributed by atoms with Gasteiger partial charge in [0.1, 0.15) is 23.2 Å². The van der Waals surface area contributed by atoms with E-state index in [1.54, 1.807) is 18.2 Å². The summed E-state index contributed by atoms with van der Waals surface area (Å²) >= 11 is 0. The molecule has 0 unspecified atom stereocenters. The molecular weight excluding hydrogens is 564 g/mol. The fourth-order valence-corrected chi connectivity index (χ4v) is 4.86. The molecule has 0 aliphatic carbocycles. The van der Waals surface area contributed by atoms with Crippen molar-refractivity contribution in [3.63, 3.8) is 0 Å². The maximum Gasteiger partial charge on any atom is 0.266 e. The molecular formula is C24H24N6O8S2. The average molecular weight is 589 g/mol. The highest BCUT2D eigenvalue weighted by atomic mass is 32.2. The SMILES string of the molecule is N=C(N)c1ccc2[nH]c(-c3cc(CC(=O)NCCS(=O)(=O)O)cc(-c4cc(S(N)(=O)=O)ccc4O)c3O)nc2c1. The van der Waals surface area contributed by atoms with Crippen LogP contribution in [0.4, 0.5) is 0 Å². The van der Waals surface area contributed by atoms with Crippen LogP contribution in [-0.4, -0.2) is 65.6 Å². The van der Waals surface area contributed by atoms with E-state index < -0.39 is 37.6 Å². The van der Waals surface area contributed by atoms with Crippen molar-refractivity contribution in [2.45, 2.75) is 11.3 Å². The number of benzene rings is 3. The lowest BCUT2D eigenvalue weighted by Gasteiger charge is -2.14. The van der Waals surface area contributed by atoms with Crippen molar-refractivity contribution in [2.24, 2.45) is 10.9 Å². The molecule has 14 nitrogen and oxygen atoms in total. The highest BCUT2D eigenvalue weighted by Gasteiger charge is 2.21. The van der Waals surface area contributed by atoms with Crippen molar-refractivity contribution in [3.8, 4) is 34.0 Å². The van der Waals surface area contributed by atoms with Crippen LogP contribution in [0.1, 0.15) is 11.1 Å². The van der Waals surface area contributed by atoms with E-state index in [9.17, 15) is 31.8 Å². The predicted octanol–water partition coefficient (Wildman–Crippen LogP) is 0.786. The Morgan fingerprint density at radius 2 is 1.70 bits per heavy atom. The molecule has 4 rings (SSSR count). The number of nitrogens with one attached hydrogen (secondary N) is 3. The van der Waals surface area contributed by atoms with Crippen molar-refractivity contribution >= 4 is 42.9 Å². The largest absolute Gasteiger partial charge is 0.507 e. The number of carbonyl (C=O) groups excluding carboxylic acids is 1. The van der Waals surface area contributed by atoms with Gasteiger partial charge in [-0.25, -0.2) is 18.5 Å². The third kappa shape index (κ3) is 6.37. The van der Waals surface area contributed by atoms with Gasteiger partial charge < -0.3 is 26.2 Å². The number of aromatic nitrogens is 2. The molecule has 40 heavy (non-hydrogen) atoms. The molecule has 10 N–H and O–H groups in total. The summed E-state index contributed by atoms with van der Waals surface area (Å²) in [6.07, 6.45) is -0.323. The highest BCUT2D eigenvalue weighted by Crippen LogP contribution is 2.42. The predicted molar refractivity (Wildman–Crippen MR) is 146 cm³/mol. The third-order valence-corrected chi connectivity index (χ3v) is 7.48. The van der Waals surface area contributed by atoms with Crippen LogP contribution >= 0.6 is 0 Å². The van der Waals surface area contributed by atoms with E-state index in [2.05, 4.69) is 15.3 Å². The molecule has 0 atom stereocenters. The molecule has 1 amide bonds. The van der Waals surface area contributed by atoms with Gasteiger partial charge in [0.15, 0.2) is 0 Å². The first-order chi connectivity index (χ1) is 18.6. The van der Waals surface area contributed by atoms with Crippen LogP contribution in [0.2, 0.25) is 0 Å². The van der Waals surface area contributed by atoms with Crippen LogP contribution in [0, 0.1) is 5.41 Å². The number of phenolic OH excluding ortho intramolecular Hbond substituents is 2. The van der Waals surface area contributed by atoms with Gasteiger partial charge in [0.05, 0.1) is 33.7 Å². The van der Waals surface area contributed by atoms with Crippen molar-refractivity contribution in [3.05, 3.63) is 59.7 Å². The summed E-state index contributed by atoms with van der Waals surface area (Å²) in [5, 5.41) is 37.0. The second kappa shape index (κ2) is 10.6. The Bertz CT molecular complexity index is 1880. The van der Waals surface area contributed by atoms with Crippen LogP contribution in [0.5, 0.6) is 11.5 Å². The van der Waals surface area contributed by atoms with Gasteiger partial charge in [-0.3, -0.25) is 14.8 Å². The normalized spacial score (nSPS) is 11.9. The van der Waals surface area contributed by atoms with E-state index in [4.69, 9.17) is 20.8 Å². The number of amides is 1. The number of hydrogen-bond donors (Lipinski definition) is 8. The maximum absolute atomic E-state index is 12.5. The van der Waals surface area contributed by atoms with Gasteiger partial charge in [-0.15, -0.1) is 0 Å². The van der Waals surface area contributed by atoms with E-state index in [0.717, 1.165) is 18.2 Å². The number of aromatic hydroxyl groups is 2. The first-order valence-electron chi connectivity index (χ1n) is 11.4. The Labute approximate surface area is 228 Å². The quantitative estimate of drug-likeness (QED) is 0.0773. The van der Waals surface area contributed by atoms with Crippen LogP contribution in [0.3, 0.4) is 0 Å². The fourth-order valence-electron chi connectivity index (χ4n) is 3.96. The minimum Gasteiger partial charge on any atom is -0.507 e. The molecule has 0 saturated heterocycles. The van der Waals surface area contributed by atoms with Gasteiger partial charge >= 0.3 is 0 Å². The van der Waals surface area contributed by atoms with E-state index in [0.29, 0.717) is 16.6 Å². The summed E-state index contributed by atoms with van der Waals surface area (Å²) in [5.74, 6) is -2.15. The molecule has 3 aromatic carbocycles. The third-order valence-electron chi connectivity index (χ3n) is 5.85. The second-order valence-electron chi connectivity index (χ2n) is 8.81. The van der Waals surface area contributed by atoms with Gasteiger partial charge in [-0.1, -0.05) is 0 Å². The zero-order chi connectivity index (χ0) is 29.4. The molecule has 0 saturated carbocycles. The summed E-state index contributed by atoms with van der Waals surface area (Å²) in [7, 11) is -8.47. The molecule has 16 heteroatoms. The first kappa shape index (κ1) is 28.5.